The first-order valence-electron chi connectivity index (χ1n) is 8.71. The van der Waals surface area contributed by atoms with Crippen molar-refractivity contribution in [1.29, 1.82) is 0 Å². The fourth-order valence-electron chi connectivity index (χ4n) is 3.42. The highest BCUT2D eigenvalue weighted by Crippen LogP contribution is 2.41. The minimum absolute atomic E-state index is 0.0636. The Morgan fingerprint density at radius 3 is 1.74 bits per heavy atom. The molecule has 3 rings (SSSR count). The topological polar surface area (TPSA) is 102 Å². The summed E-state index contributed by atoms with van der Waals surface area (Å²) in [6.45, 7) is 3.33. The zero-order valence-electron chi connectivity index (χ0n) is 15.4. The highest BCUT2D eigenvalue weighted by Gasteiger charge is 2.41. The number of carbonyl (C=O) groups is 2. The van der Waals surface area contributed by atoms with Gasteiger partial charge in [-0.15, -0.1) is 0 Å². The van der Waals surface area contributed by atoms with Crippen LogP contribution in [0.25, 0.3) is 0 Å². The summed E-state index contributed by atoms with van der Waals surface area (Å²) in [5.41, 5.74) is 0.398. The van der Waals surface area contributed by atoms with Gasteiger partial charge in [0.2, 0.25) is 0 Å². The molecule has 0 aliphatic carbocycles. The van der Waals surface area contributed by atoms with Gasteiger partial charge in [0.1, 0.15) is 29.5 Å². The number of cyclic esters (lactones) is 2. The van der Waals surface area contributed by atoms with Crippen LogP contribution in [-0.2, 0) is 19.1 Å². The standard InChI is InChI=1S/C20H22O7/c1-10-8-14(21)17(19(23)26-10)16(12-4-6-13(25-3)7-5-12)18-15(22)9-11(2)27-20(18)24/h4-7,10-11,16,21-22H,8-9H2,1-3H3/t10-,11-/m0/s1. The van der Waals surface area contributed by atoms with Crippen molar-refractivity contribution in [3.63, 3.8) is 0 Å². The second-order valence-corrected chi connectivity index (χ2v) is 6.77. The number of aliphatic hydroxyl groups is 2. The van der Waals surface area contributed by atoms with Crippen LogP contribution >= 0.6 is 0 Å². The summed E-state index contributed by atoms with van der Waals surface area (Å²) >= 11 is 0. The molecule has 0 spiro atoms. The molecule has 1 aromatic carbocycles. The zero-order chi connectivity index (χ0) is 19.7. The van der Waals surface area contributed by atoms with Crippen molar-refractivity contribution in [2.24, 2.45) is 0 Å². The summed E-state index contributed by atoms with van der Waals surface area (Å²) in [7, 11) is 1.52. The van der Waals surface area contributed by atoms with Crippen LogP contribution in [0.2, 0.25) is 0 Å². The Bertz CT molecular complexity index is 773. The van der Waals surface area contributed by atoms with Crippen molar-refractivity contribution in [3.05, 3.63) is 52.5 Å². The largest absolute Gasteiger partial charge is 0.512 e. The van der Waals surface area contributed by atoms with Crippen LogP contribution in [0.5, 0.6) is 5.75 Å². The number of carbonyl (C=O) groups excluding carboxylic acids is 2. The van der Waals surface area contributed by atoms with Gasteiger partial charge in [-0.1, -0.05) is 12.1 Å². The van der Waals surface area contributed by atoms with E-state index in [1.807, 2.05) is 0 Å². The molecule has 1 aromatic rings. The molecular weight excluding hydrogens is 352 g/mol. The van der Waals surface area contributed by atoms with E-state index in [-0.39, 0.29) is 35.5 Å². The minimum atomic E-state index is -1.00. The molecule has 2 atom stereocenters. The molecule has 2 aliphatic heterocycles. The lowest BCUT2D eigenvalue weighted by molar-refractivity contribution is -0.146. The Morgan fingerprint density at radius 1 is 0.926 bits per heavy atom. The number of esters is 2. The average Bonchev–Trinajstić information content (AvgIpc) is 2.59. The molecule has 0 saturated carbocycles. The van der Waals surface area contributed by atoms with E-state index in [4.69, 9.17) is 14.2 Å². The quantitative estimate of drug-likeness (QED) is 0.781. The molecule has 7 nitrogen and oxygen atoms in total. The van der Waals surface area contributed by atoms with E-state index in [1.54, 1.807) is 38.1 Å². The molecule has 0 bridgehead atoms. The Hall–Kier alpha value is -2.96. The predicted octanol–water partition coefficient (Wildman–Crippen LogP) is 3.07. The number of hydrogen-bond acceptors (Lipinski definition) is 7. The molecule has 144 valence electrons. The smallest absolute Gasteiger partial charge is 0.338 e. The lowest BCUT2D eigenvalue weighted by Crippen LogP contribution is -2.33. The Balaban J connectivity index is 2.18. The third kappa shape index (κ3) is 3.63. The van der Waals surface area contributed by atoms with Gasteiger partial charge in [-0.2, -0.15) is 0 Å². The number of benzene rings is 1. The minimum Gasteiger partial charge on any atom is -0.512 e. The maximum Gasteiger partial charge on any atom is 0.338 e. The molecule has 7 heteroatoms. The average molecular weight is 374 g/mol. The molecule has 0 radical (unpaired) electrons. The molecule has 0 fully saturated rings. The lowest BCUT2D eigenvalue weighted by atomic mass is 9.80. The third-order valence-corrected chi connectivity index (χ3v) is 4.67. The number of aliphatic hydroxyl groups excluding tert-OH is 2. The number of ether oxygens (including phenoxy) is 3. The van der Waals surface area contributed by atoms with Crippen LogP contribution in [0.3, 0.4) is 0 Å². The van der Waals surface area contributed by atoms with Crippen LogP contribution in [0.4, 0.5) is 0 Å². The monoisotopic (exact) mass is 374 g/mol. The summed E-state index contributed by atoms with van der Waals surface area (Å²) in [6, 6.07) is 6.68. The normalized spacial score (nSPS) is 23.4. The molecule has 2 heterocycles. The van der Waals surface area contributed by atoms with Gasteiger partial charge < -0.3 is 24.4 Å². The Kier molecular flexibility index (Phi) is 5.12. The van der Waals surface area contributed by atoms with E-state index in [0.29, 0.717) is 11.3 Å². The molecule has 27 heavy (non-hydrogen) atoms. The second-order valence-electron chi connectivity index (χ2n) is 6.77. The van der Waals surface area contributed by atoms with E-state index in [2.05, 4.69) is 0 Å². The van der Waals surface area contributed by atoms with Crippen molar-refractivity contribution in [1.82, 2.24) is 0 Å². The molecule has 0 amide bonds. The van der Waals surface area contributed by atoms with Crippen LogP contribution < -0.4 is 4.74 Å². The first kappa shape index (κ1) is 18.8. The van der Waals surface area contributed by atoms with E-state index < -0.39 is 30.1 Å². The van der Waals surface area contributed by atoms with Crippen LogP contribution in [0, 0.1) is 0 Å². The van der Waals surface area contributed by atoms with Gasteiger partial charge in [-0.05, 0) is 31.5 Å². The molecule has 2 N–H and O–H groups in total. The van der Waals surface area contributed by atoms with Crippen LogP contribution in [0.1, 0.15) is 38.2 Å². The maximum absolute atomic E-state index is 12.6. The summed E-state index contributed by atoms with van der Waals surface area (Å²) in [5, 5.41) is 21.0. The van der Waals surface area contributed by atoms with Gasteiger partial charge in [-0.3, -0.25) is 0 Å². The highest BCUT2D eigenvalue weighted by molar-refractivity contribution is 5.99. The fraction of sp³-hybridized carbons (Fsp3) is 0.400. The molecule has 0 aromatic heterocycles. The maximum atomic E-state index is 12.6. The van der Waals surface area contributed by atoms with Crippen molar-refractivity contribution in [2.45, 2.75) is 44.8 Å². The van der Waals surface area contributed by atoms with Crippen LogP contribution in [0.15, 0.2) is 46.9 Å². The van der Waals surface area contributed by atoms with Gasteiger partial charge in [0.15, 0.2) is 0 Å². The summed E-state index contributed by atoms with van der Waals surface area (Å²) < 4.78 is 15.7. The van der Waals surface area contributed by atoms with Crippen LogP contribution in [-0.4, -0.2) is 41.5 Å². The second kappa shape index (κ2) is 7.34. The van der Waals surface area contributed by atoms with Crippen molar-refractivity contribution >= 4 is 11.9 Å². The number of hydrogen-bond donors (Lipinski definition) is 2. The first-order valence-corrected chi connectivity index (χ1v) is 8.71. The fourth-order valence-corrected chi connectivity index (χ4v) is 3.42. The van der Waals surface area contributed by atoms with E-state index in [1.165, 1.54) is 7.11 Å². The zero-order valence-corrected chi connectivity index (χ0v) is 15.4. The Labute approximate surface area is 156 Å². The highest BCUT2D eigenvalue weighted by atomic mass is 16.6. The summed E-state index contributed by atoms with van der Waals surface area (Å²) in [6.07, 6.45) is -0.683. The summed E-state index contributed by atoms with van der Waals surface area (Å²) in [5.74, 6) is -2.18. The molecule has 2 aliphatic rings. The summed E-state index contributed by atoms with van der Waals surface area (Å²) in [4.78, 5) is 25.1. The van der Waals surface area contributed by atoms with Gasteiger partial charge >= 0.3 is 11.9 Å². The molecule has 0 saturated heterocycles. The van der Waals surface area contributed by atoms with Crippen molar-refractivity contribution in [2.75, 3.05) is 7.11 Å². The number of rotatable bonds is 4. The van der Waals surface area contributed by atoms with E-state index in [0.717, 1.165) is 0 Å². The molecular formula is C20H22O7. The van der Waals surface area contributed by atoms with Gasteiger partial charge in [0.05, 0.1) is 24.2 Å². The van der Waals surface area contributed by atoms with Gasteiger partial charge in [-0.25, -0.2) is 9.59 Å². The van der Waals surface area contributed by atoms with Crippen molar-refractivity contribution < 1.29 is 34.0 Å². The number of methoxy groups -OCH3 is 1. The Morgan fingerprint density at radius 2 is 1.37 bits per heavy atom. The van der Waals surface area contributed by atoms with E-state index >= 15 is 0 Å². The predicted molar refractivity (Wildman–Crippen MR) is 95.4 cm³/mol. The van der Waals surface area contributed by atoms with E-state index in [9.17, 15) is 19.8 Å². The van der Waals surface area contributed by atoms with Gasteiger partial charge in [0.25, 0.3) is 0 Å². The van der Waals surface area contributed by atoms with Gasteiger partial charge in [0, 0.05) is 12.8 Å². The SMILES string of the molecule is COc1ccc(C(C2=C(O)C[C@H](C)OC2=O)C2=C(O)C[C@H](C)OC2=O)cc1. The third-order valence-electron chi connectivity index (χ3n) is 4.67. The van der Waals surface area contributed by atoms with Crippen molar-refractivity contribution in [3.8, 4) is 5.75 Å². The first-order chi connectivity index (χ1) is 12.8. The molecule has 0 unspecified atom stereocenters. The lowest BCUT2D eigenvalue weighted by Gasteiger charge is -2.31.